The normalized spacial score (nSPS) is 19.6. The Morgan fingerprint density at radius 1 is 0.720 bits per heavy atom. The highest BCUT2D eigenvalue weighted by molar-refractivity contribution is 7.49. The molecule has 2 aromatic rings. The second-order valence-electron chi connectivity index (χ2n) is 19.1. The Kier molecular flexibility index (Phi) is 30.5. The van der Waals surface area contributed by atoms with Gasteiger partial charge in [0.1, 0.15) is 49.1 Å². The Balaban J connectivity index is 2.13. The smallest absolute Gasteiger partial charge is 0.462 e. The summed E-state index contributed by atoms with van der Waals surface area (Å²) in [7, 11) is -5.17. The van der Waals surface area contributed by atoms with Crippen LogP contribution in [0.1, 0.15) is 163 Å². The number of ether oxygens (including phenoxy) is 5. The number of alkyl halides is 7. The lowest BCUT2D eigenvalue weighted by Crippen LogP contribution is -2.74. The SMILES string of the molecule is CCCCCCCCCCCC(=O)O[C@H](CCCCCCCCCCC)CC(=O)[C@@]1(O)[C@H](NC(=O)OCC(Cl)(Cl)Cl)[C@@H](Cl)O[C@H](COC(=O)OC(C)(C)C(Cl)(Cl)Cl)[C@H]1OP(=O)(Oc1ccccc1)Oc1ccccc1. The maximum atomic E-state index is 15.4. The van der Waals surface area contributed by atoms with Gasteiger partial charge in [-0.3, -0.25) is 14.1 Å². The van der Waals surface area contributed by atoms with E-state index in [2.05, 4.69) is 19.2 Å². The lowest BCUT2D eigenvalue weighted by atomic mass is 9.77. The van der Waals surface area contributed by atoms with Crippen molar-refractivity contribution in [1.29, 1.82) is 0 Å². The van der Waals surface area contributed by atoms with Crippen molar-refractivity contribution in [2.75, 3.05) is 13.2 Å². The van der Waals surface area contributed by atoms with Gasteiger partial charge in [0.25, 0.3) is 0 Å². The number of para-hydroxylation sites is 2. The first-order chi connectivity index (χ1) is 35.4. The summed E-state index contributed by atoms with van der Waals surface area (Å²) in [6, 6.07) is 13.2. The van der Waals surface area contributed by atoms with Gasteiger partial charge in [0, 0.05) is 12.8 Å². The van der Waals surface area contributed by atoms with Crippen molar-refractivity contribution in [1.82, 2.24) is 5.32 Å². The van der Waals surface area contributed by atoms with Crippen LogP contribution in [0.3, 0.4) is 0 Å². The summed E-state index contributed by atoms with van der Waals surface area (Å²) in [6.45, 7) is 5.15. The fourth-order valence-electron chi connectivity index (χ4n) is 8.02. The van der Waals surface area contributed by atoms with E-state index in [1.165, 1.54) is 70.2 Å². The van der Waals surface area contributed by atoms with Crippen molar-refractivity contribution in [2.24, 2.45) is 0 Å². The molecule has 2 aromatic carbocycles. The van der Waals surface area contributed by atoms with E-state index in [0.29, 0.717) is 12.8 Å². The lowest BCUT2D eigenvalue weighted by Gasteiger charge is -2.49. The number of carbonyl (C=O) groups excluding carboxylic acids is 4. The molecule has 0 unspecified atom stereocenters. The molecule has 1 aliphatic heterocycles. The number of halogens is 7. The number of Topliss-reactive ketones (excluding diaryl/α,β-unsaturated/α-hetero) is 1. The van der Waals surface area contributed by atoms with E-state index in [4.69, 9.17) is 118 Å². The number of benzene rings is 2. The van der Waals surface area contributed by atoms with Gasteiger partial charge in [-0.1, -0.05) is 234 Å². The molecule has 0 saturated carbocycles. The second-order valence-corrected chi connectivity index (χ2v) is 25.7. The lowest BCUT2D eigenvalue weighted by molar-refractivity contribution is -0.216. The summed E-state index contributed by atoms with van der Waals surface area (Å²) < 4.78 is 57.0. The molecular formula is C52H75Cl7NO14P. The van der Waals surface area contributed by atoms with Gasteiger partial charge in [-0.25, -0.2) is 14.2 Å². The highest BCUT2D eigenvalue weighted by Gasteiger charge is 2.64. The number of rotatable bonds is 35. The fraction of sp³-hybridized carbons (Fsp3) is 0.692. The van der Waals surface area contributed by atoms with Crippen molar-refractivity contribution in [3.63, 3.8) is 0 Å². The summed E-state index contributed by atoms with van der Waals surface area (Å²) in [4.78, 5) is 55.8. The van der Waals surface area contributed by atoms with Crippen LogP contribution in [0.5, 0.6) is 11.5 Å². The number of phosphoric acid groups is 1. The Labute approximate surface area is 478 Å². The van der Waals surface area contributed by atoms with Crippen LogP contribution in [-0.4, -0.2) is 91.0 Å². The van der Waals surface area contributed by atoms with Gasteiger partial charge in [0.15, 0.2) is 22.5 Å². The molecule has 3 rings (SSSR count). The predicted octanol–water partition coefficient (Wildman–Crippen LogP) is 15.8. The molecule has 1 amide bonds. The molecule has 23 heteroatoms. The third-order valence-electron chi connectivity index (χ3n) is 12.3. The standard InChI is InChI=1S/C52H75Cl7NO14P/c1-5-7-9-11-13-15-17-19-23-33-40(69-43(62)34-28-20-18-16-14-12-10-8-6-2)35-42(61)51(65)44(60-47(63)68-37-50(54,55)56)46(53)70-41(36-67-48(64)71-49(3,4)52(57,58)59)45(51)74-75(66,72-38-29-24-21-25-30-38)73-39-31-26-22-27-32-39/h21-22,24-27,29-32,40-41,44-46,65H,5-20,23,28,33-37H2,1-4H3,(H,60,63)/t40-,41-,44-,45-,46+,51-/m1/s1. The number of aliphatic hydroxyl groups is 1. The van der Waals surface area contributed by atoms with Crippen molar-refractivity contribution in [3.8, 4) is 11.5 Å². The number of phosphoric ester groups is 1. The Morgan fingerprint density at radius 2 is 1.20 bits per heavy atom. The predicted molar refractivity (Wildman–Crippen MR) is 295 cm³/mol. The third kappa shape index (κ3) is 25.2. The number of nitrogens with one attached hydrogen (secondary N) is 1. The van der Waals surface area contributed by atoms with E-state index in [1.807, 2.05) is 0 Å². The molecule has 2 N–H and O–H groups in total. The first-order valence-electron chi connectivity index (χ1n) is 25.9. The van der Waals surface area contributed by atoms with Gasteiger partial charge < -0.3 is 43.2 Å². The van der Waals surface area contributed by atoms with Crippen molar-refractivity contribution in [3.05, 3.63) is 60.7 Å². The Hall–Kier alpha value is -2.14. The van der Waals surface area contributed by atoms with Gasteiger partial charge in [-0.2, -0.15) is 0 Å². The number of ketones is 1. The van der Waals surface area contributed by atoms with Crippen LogP contribution in [0.15, 0.2) is 60.7 Å². The van der Waals surface area contributed by atoms with Crippen molar-refractivity contribution >= 4 is 113 Å². The number of unbranched alkanes of at least 4 members (excludes halogenated alkanes) is 16. The average Bonchev–Trinajstić information content (AvgIpc) is 3.33. The molecular weight excluding hydrogens is 1140 g/mol. The first-order valence-corrected chi connectivity index (χ1v) is 30.0. The monoisotopic (exact) mass is 1210 g/mol. The zero-order valence-electron chi connectivity index (χ0n) is 43.3. The molecule has 15 nitrogen and oxygen atoms in total. The molecule has 0 aromatic heterocycles. The second kappa shape index (κ2) is 34.1. The van der Waals surface area contributed by atoms with Crippen LogP contribution in [0.2, 0.25) is 0 Å². The van der Waals surface area contributed by atoms with Gasteiger partial charge in [-0.05, 0) is 57.4 Å². The summed E-state index contributed by atoms with van der Waals surface area (Å²) in [5.41, 5.74) is -6.85. The van der Waals surface area contributed by atoms with Gasteiger partial charge in [0.05, 0.1) is 0 Å². The van der Waals surface area contributed by atoms with Crippen LogP contribution in [0.4, 0.5) is 9.59 Å². The molecule has 6 atom stereocenters. The number of esters is 1. The molecule has 0 aliphatic carbocycles. The van der Waals surface area contributed by atoms with Crippen molar-refractivity contribution < 1.29 is 66.1 Å². The van der Waals surface area contributed by atoms with Gasteiger partial charge in [0.2, 0.25) is 7.59 Å². The largest absolute Gasteiger partial charge is 0.588 e. The summed E-state index contributed by atoms with van der Waals surface area (Å²) in [5.74, 6) is -1.80. The molecule has 1 saturated heterocycles. The average molecular weight is 1220 g/mol. The van der Waals surface area contributed by atoms with E-state index in [-0.39, 0.29) is 24.3 Å². The molecule has 0 radical (unpaired) electrons. The summed E-state index contributed by atoms with van der Waals surface area (Å²) in [5, 5.41) is 15.7. The highest BCUT2D eigenvalue weighted by atomic mass is 35.6. The fourth-order valence-corrected chi connectivity index (χ4v) is 10.1. The molecule has 1 aliphatic rings. The van der Waals surface area contributed by atoms with Gasteiger partial charge in [-0.15, -0.1) is 0 Å². The van der Waals surface area contributed by atoms with E-state index >= 15 is 9.36 Å². The Morgan fingerprint density at radius 3 is 1.68 bits per heavy atom. The maximum absolute atomic E-state index is 15.4. The number of amides is 1. The van der Waals surface area contributed by atoms with E-state index in [0.717, 1.165) is 70.6 Å². The molecule has 1 fully saturated rings. The first kappa shape index (κ1) is 67.1. The molecule has 1 heterocycles. The summed E-state index contributed by atoms with van der Waals surface area (Å²) in [6.07, 6.45) is 9.56. The number of carbonyl (C=O) groups is 4. The minimum Gasteiger partial charge on any atom is -0.462 e. The van der Waals surface area contributed by atoms with Crippen LogP contribution >= 0.6 is 89.0 Å². The van der Waals surface area contributed by atoms with Crippen molar-refractivity contribution in [2.45, 2.75) is 211 Å². The molecule has 426 valence electrons. The maximum Gasteiger partial charge on any atom is 0.588 e. The quantitative estimate of drug-likeness (QED) is 0.0218. The van der Waals surface area contributed by atoms with Crippen LogP contribution < -0.4 is 14.4 Å². The van der Waals surface area contributed by atoms with E-state index < -0.39 is 100 Å². The minimum absolute atomic E-state index is 0.0474. The molecule has 0 bridgehead atoms. The molecule has 75 heavy (non-hydrogen) atoms. The zero-order chi connectivity index (χ0) is 55.5. The number of hydrogen-bond acceptors (Lipinski definition) is 14. The van der Waals surface area contributed by atoms with Crippen LogP contribution in [0, 0.1) is 0 Å². The van der Waals surface area contributed by atoms with Crippen LogP contribution in [0.25, 0.3) is 0 Å². The minimum atomic E-state index is -5.17. The van der Waals surface area contributed by atoms with Crippen LogP contribution in [-0.2, 0) is 42.4 Å². The third-order valence-corrected chi connectivity index (χ3v) is 15.7. The highest BCUT2D eigenvalue weighted by Crippen LogP contribution is 2.54. The van der Waals surface area contributed by atoms with E-state index in [9.17, 15) is 19.5 Å². The Bertz CT molecular complexity index is 1990. The number of alkyl carbamates (subject to hydrolysis) is 1. The molecule has 0 spiro atoms. The topological polar surface area (TPSA) is 191 Å². The zero-order valence-corrected chi connectivity index (χ0v) is 49.5. The number of hydrogen-bond donors (Lipinski definition) is 2. The van der Waals surface area contributed by atoms with Gasteiger partial charge >= 0.3 is 26.0 Å². The van der Waals surface area contributed by atoms with E-state index in [1.54, 1.807) is 36.4 Å². The summed E-state index contributed by atoms with van der Waals surface area (Å²) >= 11 is 42.7.